The Hall–Kier alpha value is -1.70. The molecule has 1 heterocycles. The average Bonchev–Trinajstić information content (AvgIpc) is 2.49. The van der Waals surface area contributed by atoms with E-state index in [0.717, 1.165) is 11.5 Å². The third kappa shape index (κ3) is 2.98. The summed E-state index contributed by atoms with van der Waals surface area (Å²) < 4.78 is 3.60. The van der Waals surface area contributed by atoms with Gasteiger partial charge < -0.3 is 10.4 Å². The van der Waals surface area contributed by atoms with E-state index in [1.165, 1.54) is 0 Å². The van der Waals surface area contributed by atoms with E-state index in [1.807, 2.05) is 0 Å². The fourth-order valence-corrected chi connectivity index (χ4v) is 1.21. The lowest BCUT2D eigenvalue weighted by Gasteiger charge is -2.02. The van der Waals surface area contributed by atoms with Gasteiger partial charge >= 0.3 is 12.0 Å². The monoisotopic (exact) mass is 216 g/mol. The summed E-state index contributed by atoms with van der Waals surface area (Å²) in [5.74, 6) is -1.10. The number of aliphatic carboxylic acids is 1. The van der Waals surface area contributed by atoms with Crippen LogP contribution in [0.1, 0.15) is 5.69 Å². The molecule has 1 aromatic rings. The maximum atomic E-state index is 11.0. The van der Waals surface area contributed by atoms with Gasteiger partial charge in [-0.15, -0.1) is 5.10 Å². The first kappa shape index (κ1) is 10.4. The van der Waals surface area contributed by atoms with Crippen LogP contribution in [0.4, 0.5) is 9.80 Å². The number of carboxylic acid groups (broad SMARTS) is 1. The lowest BCUT2D eigenvalue weighted by Crippen LogP contribution is -2.33. The lowest BCUT2D eigenvalue weighted by molar-refractivity contribution is -0.135. The first-order valence-corrected chi connectivity index (χ1v) is 4.42. The predicted molar refractivity (Wildman–Crippen MR) is 49.3 cm³/mol. The topological polar surface area (TPSA) is 104 Å². The molecular formula is C6H8N4O3S. The summed E-state index contributed by atoms with van der Waals surface area (Å²) in [7, 11) is 0. The second-order valence-corrected chi connectivity index (χ2v) is 3.14. The van der Waals surface area contributed by atoms with Crippen molar-refractivity contribution in [1.29, 1.82) is 0 Å². The molecule has 14 heavy (non-hydrogen) atoms. The van der Waals surface area contributed by atoms with Crippen LogP contribution in [0, 0.1) is 6.92 Å². The Labute approximate surface area is 83.3 Å². The van der Waals surface area contributed by atoms with Gasteiger partial charge in [0.1, 0.15) is 11.5 Å². The maximum absolute atomic E-state index is 11.0. The minimum Gasteiger partial charge on any atom is -0.480 e. The summed E-state index contributed by atoms with van der Waals surface area (Å²) in [6.45, 7) is 1.27. The molecule has 0 saturated heterocycles. The van der Waals surface area contributed by atoms with Gasteiger partial charge in [-0.25, -0.2) is 4.79 Å². The van der Waals surface area contributed by atoms with Crippen LogP contribution in [-0.4, -0.2) is 33.2 Å². The molecule has 0 aliphatic rings. The summed E-state index contributed by atoms with van der Waals surface area (Å²) in [6, 6.07) is -0.582. The molecule has 0 saturated carbocycles. The van der Waals surface area contributed by atoms with Crippen LogP contribution in [0.2, 0.25) is 0 Å². The Kier molecular flexibility index (Phi) is 3.35. The van der Waals surface area contributed by atoms with E-state index in [0.29, 0.717) is 10.7 Å². The number of aryl methyl sites for hydroxylation is 1. The SMILES string of the molecule is Cc1nnsc1NC(=O)NCC(=O)O. The van der Waals surface area contributed by atoms with Gasteiger partial charge in [0.2, 0.25) is 0 Å². The highest BCUT2D eigenvalue weighted by Crippen LogP contribution is 2.15. The number of aromatic nitrogens is 2. The van der Waals surface area contributed by atoms with Crippen molar-refractivity contribution in [2.45, 2.75) is 6.92 Å². The Balaban J connectivity index is 2.42. The number of nitrogens with zero attached hydrogens (tertiary/aromatic N) is 2. The molecular weight excluding hydrogens is 208 g/mol. The van der Waals surface area contributed by atoms with Crippen molar-refractivity contribution in [2.75, 3.05) is 11.9 Å². The molecule has 0 fully saturated rings. The van der Waals surface area contributed by atoms with Crippen LogP contribution in [0.25, 0.3) is 0 Å². The number of anilines is 1. The van der Waals surface area contributed by atoms with Crippen LogP contribution in [0.5, 0.6) is 0 Å². The minimum atomic E-state index is -1.10. The molecule has 0 aliphatic heterocycles. The molecule has 0 aromatic carbocycles. The highest BCUT2D eigenvalue weighted by molar-refractivity contribution is 7.10. The van der Waals surface area contributed by atoms with E-state index in [2.05, 4.69) is 20.2 Å². The fourth-order valence-electron chi connectivity index (χ4n) is 0.650. The third-order valence-electron chi connectivity index (χ3n) is 1.28. The third-order valence-corrected chi connectivity index (χ3v) is 2.02. The number of amides is 2. The Morgan fingerprint density at radius 1 is 1.57 bits per heavy atom. The van der Waals surface area contributed by atoms with E-state index in [-0.39, 0.29) is 0 Å². The summed E-state index contributed by atoms with van der Waals surface area (Å²) >= 11 is 1.03. The van der Waals surface area contributed by atoms with Crippen LogP contribution in [0.3, 0.4) is 0 Å². The molecule has 0 unspecified atom stereocenters. The van der Waals surface area contributed by atoms with Crippen molar-refractivity contribution in [3.63, 3.8) is 0 Å². The maximum Gasteiger partial charge on any atom is 0.323 e. The highest BCUT2D eigenvalue weighted by Gasteiger charge is 2.08. The molecule has 0 spiro atoms. The predicted octanol–water partition coefficient (Wildman–Crippen LogP) is 0.0526. The first-order chi connectivity index (χ1) is 6.59. The normalized spacial score (nSPS) is 9.50. The zero-order valence-electron chi connectivity index (χ0n) is 7.27. The van der Waals surface area contributed by atoms with E-state index in [9.17, 15) is 9.59 Å². The van der Waals surface area contributed by atoms with Gasteiger partial charge in [0, 0.05) is 11.5 Å². The average molecular weight is 216 g/mol. The van der Waals surface area contributed by atoms with Gasteiger partial charge in [-0.05, 0) is 6.92 Å². The quantitative estimate of drug-likeness (QED) is 0.662. The number of carboxylic acids is 1. The van der Waals surface area contributed by atoms with Gasteiger partial charge in [-0.2, -0.15) is 0 Å². The van der Waals surface area contributed by atoms with E-state index in [4.69, 9.17) is 5.11 Å². The van der Waals surface area contributed by atoms with Gasteiger partial charge in [-0.1, -0.05) is 4.49 Å². The van der Waals surface area contributed by atoms with Gasteiger partial charge in [0.15, 0.2) is 0 Å². The zero-order chi connectivity index (χ0) is 10.6. The molecule has 2 amide bonds. The highest BCUT2D eigenvalue weighted by atomic mass is 32.1. The summed E-state index contributed by atoms with van der Waals surface area (Å²) in [5.41, 5.74) is 0.598. The molecule has 7 nitrogen and oxygen atoms in total. The molecule has 0 radical (unpaired) electrons. The summed E-state index contributed by atoms with van der Waals surface area (Å²) in [6.07, 6.45) is 0. The largest absolute Gasteiger partial charge is 0.480 e. The molecule has 0 aliphatic carbocycles. The summed E-state index contributed by atoms with van der Waals surface area (Å²) in [4.78, 5) is 21.1. The number of carbonyl (C=O) groups excluding carboxylic acids is 1. The molecule has 1 aromatic heterocycles. The number of nitrogens with one attached hydrogen (secondary N) is 2. The first-order valence-electron chi connectivity index (χ1n) is 3.65. The number of urea groups is 1. The Morgan fingerprint density at radius 3 is 2.79 bits per heavy atom. The number of hydrogen-bond acceptors (Lipinski definition) is 5. The van der Waals surface area contributed by atoms with Crippen LogP contribution in [-0.2, 0) is 4.79 Å². The van der Waals surface area contributed by atoms with Gasteiger partial charge in [0.05, 0.1) is 5.69 Å². The Bertz CT molecular complexity index is 351. The van der Waals surface area contributed by atoms with Gasteiger partial charge in [-0.3, -0.25) is 10.1 Å². The standard InChI is InChI=1S/C6H8N4O3S/c1-3-5(14-10-9-3)8-6(13)7-2-4(11)12/h2H2,1H3,(H,11,12)(H2,7,8,13). The molecule has 76 valence electrons. The second-order valence-electron chi connectivity index (χ2n) is 2.39. The van der Waals surface area contributed by atoms with E-state index in [1.54, 1.807) is 6.92 Å². The van der Waals surface area contributed by atoms with Crippen LogP contribution in [0.15, 0.2) is 0 Å². The minimum absolute atomic E-state index is 0.420. The van der Waals surface area contributed by atoms with E-state index >= 15 is 0 Å². The molecule has 8 heteroatoms. The number of hydrogen-bond donors (Lipinski definition) is 3. The van der Waals surface area contributed by atoms with Crippen molar-refractivity contribution >= 4 is 28.5 Å². The zero-order valence-corrected chi connectivity index (χ0v) is 8.09. The number of rotatable bonds is 3. The van der Waals surface area contributed by atoms with E-state index < -0.39 is 18.5 Å². The van der Waals surface area contributed by atoms with Crippen molar-refractivity contribution in [3.05, 3.63) is 5.69 Å². The lowest BCUT2D eigenvalue weighted by atomic mass is 10.5. The van der Waals surface area contributed by atoms with Crippen molar-refractivity contribution in [1.82, 2.24) is 14.9 Å². The van der Waals surface area contributed by atoms with Gasteiger partial charge in [0.25, 0.3) is 0 Å². The van der Waals surface area contributed by atoms with Crippen molar-refractivity contribution < 1.29 is 14.7 Å². The van der Waals surface area contributed by atoms with Crippen molar-refractivity contribution in [3.8, 4) is 0 Å². The second kappa shape index (κ2) is 4.51. The molecule has 0 bridgehead atoms. The molecule has 0 atom stereocenters. The number of carbonyl (C=O) groups is 2. The van der Waals surface area contributed by atoms with Crippen molar-refractivity contribution in [2.24, 2.45) is 0 Å². The fraction of sp³-hybridized carbons (Fsp3) is 0.333. The molecule has 3 N–H and O–H groups in total. The smallest absolute Gasteiger partial charge is 0.323 e. The van der Waals surface area contributed by atoms with Crippen LogP contribution >= 0.6 is 11.5 Å². The Morgan fingerprint density at radius 2 is 2.29 bits per heavy atom. The summed E-state index contributed by atoms with van der Waals surface area (Å²) in [5, 5.41) is 17.0. The van der Waals surface area contributed by atoms with Crippen LogP contribution < -0.4 is 10.6 Å². The molecule has 1 rings (SSSR count).